The Morgan fingerprint density at radius 2 is 1.95 bits per heavy atom. The minimum absolute atomic E-state index is 0.349. The number of hydrogen-bond acceptors (Lipinski definition) is 3. The quantitative estimate of drug-likeness (QED) is 0.911. The van der Waals surface area contributed by atoms with Crippen molar-refractivity contribution in [1.82, 2.24) is 4.98 Å². The van der Waals surface area contributed by atoms with Gasteiger partial charge in [-0.1, -0.05) is 26.0 Å². The van der Waals surface area contributed by atoms with Crippen molar-refractivity contribution in [3.8, 4) is 11.6 Å². The average molecular weight is 270 g/mol. The summed E-state index contributed by atoms with van der Waals surface area (Å²) in [6, 6.07) is 9.99. The normalized spacial score (nSPS) is 10.9. The van der Waals surface area contributed by atoms with Crippen LogP contribution in [0, 0.1) is 13.8 Å². The van der Waals surface area contributed by atoms with Gasteiger partial charge < -0.3 is 10.5 Å². The molecule has 0 spiro atoms. The Bertz CT molecular complexity index is 606. The largest absolute Gasteiger partial charge is 0.439 e. The van der Waals surface area contributed by atoms with E-state index in [2.05, 4.69) is 38.7 Å². The third kappa shape index (κ3) is 3.17. The lowest BCUT2D eigenvalue weighted by atomic mass is 10.1. The van der Waals surface area contributed by atoms with Crippen molar-refractivity contribution in [3.05, 3.63) is 52.7 Å². The molecule has 0 radical (unpaired) electrons. The van der Waals surface area contributed by atoms with Gasteiger partial charge >= 0.3 is 0 Å². The number of hydrogen-bond donors (Lipinski definition) is 1. The van der Waals surface area contributed by atoms with Gasteiger partial charge in [-0.15, -0.1) is 0 Å². The van der Waals surface area contributed by atoms with Gasteiger partial charge in [-0.2, -0.15) is 0 Å². The Morgan fingerprint density at radius 3 is 2.60 bits per heavy atom. The number of nitrogens with zero attached hydrogens (tertiary/aromatic N) is 1. The maximum atomic E-state index is 5.96. The fourth-order valence-electron chi connectivity index (χ4n) is 2.00. The first-order valence-electron chi connectivity index (χ1n) is 6.96. The van der Waals surface area contributed by atoms with Crippen LogP contribution in [0.4, 0.5) is 0 Å². The van der Waals surface area contributed by atoms with Crippen LogP contribution in [0.2, 0.25) is 0 Å². The van der Waals surface area contributed by atoms with Gasteiger partial charge in [0.25, 0.3) is 0 Å². The molecule has 0 bridgehead atoms. The van der Waals surface area contributed by atoms with Gasteiger partial charge in [0, 0.05) is 18.3 Å². The molecule has 0 aliphatic rings. The molecule has 1 aromatic heterocycles. The predicted octanol–water partition coefficient (Wildman–Crippen LogP) is 4.07. The van der Waals surface area contributed by atoms with Gasteiger partial charge in [-0.05, 0) is 48.6 Å². The second-order valence-corrected chi connectivity index (χ2v) is 5.40. The molecule has 106 valence electrons. The topological polar surface area (TPSA) is 48.1 Å². The highest BCUT2D eigenvalue weighted by atomic mass is 16.5. The fraction of sp³-hybridized carbons (Fsp3) is 0.353. The number of benzene rings is 1. The lowest BCUT2D eigenvalue weighted by Gasteiger charge is -2.13. The third-order valence-electron chi connectivity index (χ3n) is 3.48. The molecule has 0 aliphatic carbocycles. The number of aryl methyl sites for hydroxylation is 1. The zero-order valence-electron chi connectivity index (χ0n) is 12.6. The highest BCUT2D eigenvalue weighted by Gasteiger charge is 2.09. The van der Waals surface area contributed by atoms with Gasteiger partial charge in [0.05, 0.1) is 0 Å². The van der Waals surface area contributed by atoms with E-state index in [0.29, 0.717) is 18.3 Å². The highest BCUT2D eigenvalue weighted by molar-refractivity contribution is 5.41. The number of pyridine rings is 1. The van der Waals surface area contributed by atoms with Crippen molar-refractivity contribution in [2.24, 2.45) is 5.73 Å². The van der Waals surface area contributed by atoms with Crippen LogP contribution in [0.5, 0.6) is 11.6 Å². The minimum Gasteiger partial charge on any atom is -0.439 e. The van der Waals surface area contributed by atoms with Crippen LogP contribution in [0.15, 0.2) is 30.3 Å². The Balaban J connectivity index is 2.37. The van der Waals surface area contributed by atoms with E-state index in [9.17, 15) is 0 Å². The molecule has 1 aromatic carbocycles. The molecule has 0 aliphatic heterocycles. The second-order valence-electron chi connectivity index (χ2n) is 5.40. The maximum absolute atomic E-state index is 5.96. The van der Waals surface area contributed by atoms with Gasteiger partial charge in [0.15, 0.2) is 0 Å². The average Bonchev–Trinajstić information content (AvgIpc) is 2.43. The first-order chi connectivity index (χ1) is 9.51. The van der Waals surface area contributed by atoms with Crippen LogP contribution in [0.1, 0.15) is 42.1 Å². The lowest BCUT2D eigenvalue weighted by molar-refractivity contribution is 0.455. The van der Waals surface area contributed by atoms with E-state index in [-0.39, 0.29) is 0 Å². The summed E-state index contributed by atoms with van der Waals surface area (Å²) < 4.78 is 5.96. The number of rotatable bonds is 4. The Hall–Kier alpha value is -1.87. The third-order valence-corrected chi connectivity index (χ3v) is 3.48. The van der Waals surface area contributed by atoms with Crippen molar-refractivity contribution < 1.29 is 4.74 Å². The predicted molar refractivity (Wildman–Crippen MR) is 82.2 cm³/mol. The van der Waals surface area contributed by atoms with E-state index in [1.54, 1.807) is 0 Å². The minimum atomic E-state index is 0.349. The molecule has 0 unspecified atom stereocenters. The summed E-state index contributed by atoms with van der Waals surface area (Å²) in [5.41, 5.74) is 10.2. The Labute approximate surface area is 120 Å². The molecule has 0 saturated heterocycles. The zero-order valence-corrected chi connectivity index (χ0v) is 12.6. The Morgan fingerprint density at radius 1 is 1.20 bits per heavy atom. The molecule has 0 fully saturated rings. The monoisotopic (exact) mass is 270 g/mol. The smallest absolute Gasteiger partial charge is 0.219 e. The lowest BCUT2D eigenvalue weighted by Crippen LogP contribution is -2.03. The summed E-state index contributed by atoms with van der Waals surface area (Å²) in [7, 11) is 0. The molecule has 2 rings (SSSR count). The summed E-state index contributed by atoms with van der Waals surface area (Å²) in [4.78, 5) is 4.57. The summed E-state index contributed by atoms with van der Waals surface area (Å²) in [5, 5.41) is 0. The standard InChI is InChI=1S/C17H22N2O/c1-11(2)15-8-14(10-18)9-17(19-15)20-16-7-5-6-12(3)13(16)4/h5-9,11H,10,18H2,1-4H3. The molecule has 2 aromatic rings. The van der Waals surface area contributed by atoms with E-state index < -0.39 is 0 Å². The second kappa shape index (κ2) is 6.06. The van der Waals surface area contributed by atoms with Gasteiger partial charge in [-0.25, -0.2) is 4.98 Å². The van der Waals surface area contributed by atoms with Crippen LogP contribution < -0.4 is 10.5 Å². The van der Waals surface area contributed by atoms with Gasteiger partial charge in [0.2, 0.25) is 5.88 Å². The molecule has 3 nitrogen and oxygen atoms in total. The van der Waals surface area contributed by atoms with Crippen molar-refractivity contribution in [1.29, 1.82) is 0 Å². The van der Waals surface area contributed by atoms with Crippen LogP contribution in [0.25, 0.3) is 0 Å². The van der Waals surface area contributed by atoms with E-state index in [1.165, 1.54) is 5.56 Å². The van der Waals surface area contributed by atoms with Crippen molar-refractivity contribution in [2.45, 2.75) is 40.2 Å². The van der Waals surface area contributed by atoms with Crippen LogP contribution >= 0.6 is 0 Å². The van der Waals surface area contributed by atoms with E-state index in [0.717, 1.165) is 22.6 Å². The Kier molecular flexibility index (Phi) is 4.40. The first kappa shape index (κ1) is 14.5. The molecule has 0 amide bonds. The number of nitrogens with two attached hydrogens (primary N) is 1. The SMILES string of the molecule is Cc1cccc(Oc2cc(CN)cc(C(C)C)n2)c1C. The first-order valence-corrected chi connectivity index (χ1v) is 6.96. The number of ether oxygens (including phenoxy) is 1. The molecule has 2 N–H and O–H groups in total. The highest BCUT2D eigenvalue weighted by Crippen LogP contribution is 2.27. The molecular weight excluding hydrogens is 248 g/mol. The van der Waals surface area contributed by atoms with E-state index in [4.69, 9.17) is 10.5 Å². The summed E-state index contributed by atoms with van der Waals surface area (Å²) in [6.45, 7) is 8.85. The van der Waals surface area contributed by atoms with Crippen molar-refractivity contribution in [3.63, 3.8) is 0 Å². The fourth-order valence-corrected chi connectivity index (χ4v) is 2.00. The number of aromatic nitrogens is 1. The van der Waals surface area contributed by atoms with Crippen molar-refractivity contribution in [2.75, 3.05) is 0 Å². The molecular formula is C17H22N2O. The van der Waals surface area contributed by atoms with Gasteiger partial charge in [0.1, 0.15) is 5.75 Å². The van der Waals surface area contributed by atoms with E-state index in [1.807, 2.05) is 24.3 Å². The van der Waals surface area contributed by atoms with Gasteiger partial charge in [-0.3, -0.25) is 0 Å². The van der Waals surface area contributed by atoms with Crippen molar-refractivity contribution >= 4 is 0 Å². The van der Waals surface area contributed by atoms with Crippen LogP contribution in [-0.4, -0.2) is 4.98 Å². The maximum Gasteiger partial charge on any atom is 0.219 e. The molecule has 20 heavy (non-hydrogen) atoms. The molecule has 3 heteroatoms. The van der Waals surface area contributed by atoms with Crippen LogP contribution in [-0.2, 0) is 6.54 Å². The molecule has 0 atom stereocenters. The molecule has 0 saturated carbocycles. The molecule has 1 heterocycles. The summed E-state index contributed by atoms with van der Waals surface area (Å²) >= 11 is 0. The zero-order chi connectivity index (χ0) is 14.7. The summed E-state index contributed by atoms with van der Waals surface area (Å²) in [6.07, 6.45) is 0. The summed E-state index contributed by atoms with van der Waals surface area (Å²) in [5.74, 6) is 1.81. The van der Waals surface area contributed by atoms with E-state index >= 15 is 0 Å². The van der Waals surface area contributed by atoms with Crippen LogP contribution in [0.3, 0.4) is 0 Å².